The Hall–Kier alpha value is -1.18. The third-order valence-corrected chi connectivity index (χ3v) is 5.01. The van der Waals surface area contributed by atoms with E-state index in [0.717, 1.165) is 5.69 Å². The molecule has 0 radical (unpaired) electrons. The summed E-state index contributed by atoms with van der Waals surface area (Å²) in [7, 11) is -1.07. The summed E-state index contributed by atoms with van der Waals surface area (Å²) >= 11 is 5.19. The highest BCUT2D eigenvalue weighted by Crippen LogP contribution is 2.15. The smallest absolute Gasteiger partial charge is 0.185 e. The minimum atomic E-state index is -2.88. The van der Waals surface area contributed by atoms with Gasteiger partial charge in [0.15, 0.2) is 14.9 Å². The number of rotatable bonds is 3. The maximum atomic E-state index is 11.4. The number of para-hydroxylation sites is 1. The van der Waals surface area contributed by atoms with Gasteiger partial charge in [0.1, 0.15) is 0 Å². The van der Waals surface area contributed by atoms with Gasteiger partial charge in [-0.2, -0.15) is 0 Å². The van der Waals surface area contributed by atoms with Crippen LogP contribution >= 0.6 is 12.2 Å². The molecule has 1 aromatic rings. The molecule has 19 heavy (non-hydrogen) atoms. The minimum Gasteiger partial charge on any atom is -0.332 e. The van der Waals surface area contributed by atoms with Crippen LogP contribution in [0.25, 0.3) is 0 Å². The Morgan fingerprint density at radius 2 is 2.05 bits per heavy atom. The predicted octanol–water partition coefficient (Wildman–Crippen LogP) is 1.01. The van der Waals surface area contributed by atoms with E-state index >= 15 is 0 Å². The van der Waals surface area contributed by atoms with Crippen molar-refractivity contribution in [3.8, 4) is 0 Å². The van der Waals surface area contributed by atoms with Gasteiger partial charge in [0.2, 0.25) is 0 Å². The first-order valence-corrected chi connectivity index (χ1v) is 8.25. The number of hydrogen-bond acceptors (Lipinski definition) is 4. The topological polar surface area (TPSA) is 61.4 Å². The van der Waals surface area contributed by atoms with Crippen LogP contribution in [0.4, 0.5) is 5.69 Å². The Bertz CT molecular complexity index is 545. The standard InChI is InChI=1S/C12H17N3O2S2/c1-15(11-7-8-19(16,17)9-11)14-12(18)13-10-5-3-2-4-6-10/h2-6,11H,7-9H2,1H3,(H2,13,14,18). The van der Waals surface area contributed by atoms with Gasteiger partial charge < -0.3 is 5.32 Å². The third-order valence-electron chi connectivity index (χ3n) is 3.07. The molecule has 1 aromatic carbocycles. The summed E-state index contributed by atoms with van der Waals surface area (Å²) in [6.45, 7) is 0. The van der Waals surface area contributed by atoms with Gasteiger partial charge in [0.25, 0.3) is 0 Å². The number of sulfone groups is 1. The molecule has 2 rings (SSSR count). The molecule has 0 aliphatic carbocycles. The van der Waals surface area contributed by atoms with Crippen LogP contribution in [0.5, 0.6) is 0 Å². The van der Waals surface area contributed by atoms with Crippen LogP contribution in [-0.2, 0) is 9.84 Å². The van der Waals surface area contributed by atoms with Crippen LogP contribution in [-0.4, -0.2) is 43.1 Å². The van der Waals surface area contributed by atoms with E-state index in [1.807, 2.05) is 37.4 Å². The molecular weight excluding hydrogens is 282 g/mol. The van der Waals surface area contributed by atoms with Crippen molar-refractivity contribution < 1.29 is 8.42 Å². The Morgan fingerprint density at radius 1 is 1.37 bits per heavy atom. The molecule has 0 saturated carbocycles. The first-order valence-electron chi connectivity index (χ1n) is 6.02. The molecule has 104 valence electrons. The van der Waals surface area contributed by atoms with E-state index in [9.17, 15) is 8.42 Å². The summed E-state index contributed by atoms with van der Waals surface area (Å²) in [6, 6.07) is 9.55. The summed E-state index contributed by atoms with van der Waals surface area (Å²) in [5.74, 6) is 0.438. The summed E-state index contributed by atoms with van der Waals surface area (Å²) in [5, 5.41) is 5.27. The van der Waals surface area contributed by atoms with Crippen LogP contribution < -0.4 is 10.7 Å². The Kier molecular flexibility index (Phi) is 4.38. The van der Waals surface area contributed by atoms with E-state index in [4.69, 9.17) is 12.2 Å². The van der Waals surface area contributed by atoms with Crippen molar-refractivity contribution >= 4 is 32.9 Å². The number of anilines is 1. The predicted molar refractivity (Wildman–Crippen MR) is 80.6 cm³/mol. The lowest BCUT2D eigenvalue weighted by Crippen LogP contribution is -2.47. The molecule has 0 amide bonds. The van der Waals surface area contributed by atoms with E-state index < -0.39 is 9.84 Å². The Balaban J connectivity index is 1.86. The lowest BCUT2D eigenvalue weighted by Gasteiger charge is -2.25. The highest BCUT2D eigenvalue weighted by atomic mass is 32.2. The molecule has 5 nitrogen and oxygen atoms in total. The summed E-state index contributed by atoms with van der Waals surface area (Å²) < 4.78 is 22.8. The van der Waals surface area contributed by atoms with Crippen LogP contribution in [0.15, 0.2) is 30.3 Å². The summed E-state index contributed by atoms with van der Waals surface area (Å²) in [5.41, 5.74) is 3.89. The number of benzene rings is 1. The maximum absolute atomic E-state index is 11.4. The normalized spacial score (nSPS) is 21.3. The second kappa shape index (κ2) is 5.85. The summed E-state index contributed by atoms with van der Waals surface area (Å²) in [4.78, 5) is 0. The largest absolute Gasteiger partial charge is 0.332 e. The van der Waals surface area contributed by atoms with Gasteiger partial charge in [-0.1, -0.05) is 18.2 Å². The van der Waals surface area contributed by atoms with Gasteiger partial charge in [0, 0.05) is 18.8 Å². The summed E-state index contributed by atoms with van der Waals surface area (Å²) in [6.07, 6.45) is 0.639. The van der Waals surface area contributed by atoms with Crippen molar-refractivity contribution in [2.24, 2.45) is 0 Å². The highest BCUT2D eigenvalue weighted by Gasteiger charge is 2.30. The second-order valence-corrected chi connectivity index (χ2v) is 7.24. The maximum Gasteiger partial charge on any atom is 0.185 e. The fourth-order valence-corrected chi connectivity index (χ4v) is 4.05. The fourth-order valence-electron chi connectivity index (χ4n) is 2.01. The van der Waals surface area contributed by atoms with E-state index in [1.165, 1.54) is 0 Å². The molecule has 1 heterocycles. The zero-order valence-electron chi connectivity index (χ0n) is 10.7. The number of hydrazine groups is 1. The fraction of sp³-hybridized carbons (Fsp3) is 0.417. The Labute approximate surface area is 118 Å². The second-order valence-electron chi connectivity index (χ2n) is 4.60. The van der Waals surface area contributed by atoms with Crippen LogP contribution in [0.3, 0.4) is 0 Å². The SMILES string of the molecule is CN(NC(=S)Nc1ccccc1)C1CCS(=O)(=O)C1. The molecule has 0 spiro atoms. The van der Waals surface area contributed by atoms with Gasteiger partial charge >= 0.3 is 0 Å². The molecule has 1 aliphatic rings. The molecule has 1 unspecified atom stereocenters. The number of nitrogens with one attached hydrogen (secondary N) is 2. The molecule has 1 atom stereocenters. The van der Waals surface area contributed by atoms with E-state index in [-0.39, 0.29) is 17.5 Å². The van der Waals surface area contributed by atoms with Crippen LogP contribution in [0.2, 0.25) is 0 Å². The highest BCUT2D eigenvalue weighted by molar-refractivity contribution is 7.91. The Morgan fingerprint density at radius 3 is 2.63 bits per heavy atom. The van der Waals surface area contributed by atoms with Gasteiger partial charge in [0.05, 0.1) is 11.5 Å². The van der Waals surface area contributed by atoms with Crippen molar-refractivity contribution in [3.63, 3.8) is 0 Å². The molecule has 0 bridgehead atoms. The van der Waals surface area contributed by atoms with Gasteiger partial charge in [-0.3, -0.25) is 5.43 Å². The minimum absolute atomic E-state index is 0.0273. The van der Waals surface area contributed by atoms with Crippen molar-refractivity contribution in [2.45, 2.75) is 12.5 Å². The molecule has 1 fully saturated rings. The van der Waals surface area contributed by atoms with Gasteiger partial charge in [-0.15, -0.1) is 0 Å². The molecule has 7 heteroatoms. The van der Waals surface area contributed by atoms with E-state index in [2.05, 4.69) is 10.7 Å². The van der Waals surface area contributed by atoms with Crippen LogP contribution in [0, 0.1) is 0 Å². The van der Waals surface area contributed by atoms with Crippen LogP contribution in [0.1, 0.15) is 6.42 Å². The lowest BCUT2D eigenvalue weighted by atomic mass is 10.3. The third kappa shape index (κ3) is 4.15. The van der Waals surface area contributed by atoms with E-state index in [0.29, 0.717) is 11.5 Å². The lowest BCUT2D eigenvalue weighted by molar-refractivity contribution is 0.226. The first-order chi connectivity index (χ1) is 8.96. The van der Waals surface area contributed by atoms with Crippen molar-refractivity contribution in [1.82, 2.24) is 10.4 Å². The zero-order chi connectivity index (χ0) is 13.9. The average molecular weight is 299 g/mol. The molecular formula is C12H17N3O2S2. The number of thiocarbonyl (C=S) groups is 1. The van der Waals surface area contributed by atoms with Crippen molar-refractivity contribution in [2.75, 3.05) is 23.9 Å². The van der Waals surface area contributed by atoms with Crippen molar-refractivity contribution in [1.29, 1.82) is 0 Å². The molecule has 0 aromatic heterocycles. The number of hydrogen-bond donors (Lipinski definition) is 2. The average Bonchev–Trinajstić information content (AvgIpc) is 2.71. The van der Waals surface area contributed by atoms with E-state index in [1.54, 1.807) is 5.01 Å². The van der Waals surface area contributed by atoms with Gasteiger partial charge in [-0.25, -0.2) is 13.4 Å². The first kappa shape index (κ1) is 14.2. The number of nitrogens with zero attached hydrogens (tertiary/aromatic N) is 1. The molecule has 2 N–H and O–H groups in total. The quantitative estimate of drug-likeness (QED) is 0.641. The molecule has 1 aliphatic heterocycles. The molecule has 1 saturated heterocycles. The monoisotopic (exact) mass is 299 g/mol. The zero-order valence-corrected chi connectivity index (χ0v) is 12.3. The van der Waals surface area contributed by atoms with Crippen molar-refractivity contribution in [3.05, 3.63) is 30.3 Å². The van der Waals surface area contributed by atoms with Gasteiger partial charge in [-0.05, 0) is 30.8 Å².